The second-order valence-corrected chi connectivity index (χ2v) is 5.04. The SMILES string of the molecule is Cc1cc(C)c(CCNC(=O)C(C)CN)cc1C. The molecule has 0 aliphatic rings. The maximum Gasteiger partial charge on any atom is 0.224 e. The van der Waals surface area contributed by atoms with E-state index in [0.717, 1.165) is 6.42 Å². The van der Waals surface area contributed by atoms with Crippen LogP contribution in [0.5, 0.6) is 0 Å². The maximum atomic E-state index is 11.6. The Morgan fingerprint density at radius 3 is 2.44 bits per heavy atom. The fourth-order valence-electron chi connectivity index (χ4n) is 1.89. The zero-order chi connectivity index (χ0) is 13.7. The molecule has 1 unspecified atom stereocenters. The monoisotopic (exact) mass is 248 g/mol. The Kier molecular flexibility index (Phi) is 5.35. The minimum Gasteiger partial charge on any atom is -0.355 e. The van der Waals surface area contributed by atoms with E-state index in [9.17, 15) is 4.79 Å². The summed E-state index contributed by atoms with van der Waals surface area (Å²) < 4.78 is 0. The second kappa shape index (κ2) is 6.55. The van der Waals surface area contributed by atoms with Crippen molar-refractivity contribution in [1.82, 2.24) is 5.32 Å². The van der Waals surface area contributed by atoms with E-state index in [1.165, 1.54) is 22.3 Å². The average molecular weight is 248 g/mol. The summed E-state index contributed by atoms with van der Waals surface area (Å²) in [6, 6.07) is 4.41. The van der Waals surface area contributed by atoms with Gasteiger partial charge in [-0.2, -0.15) is 0 Å². The normalized spacial score (nSPS) is 12.3. The summed E-state index contributed by atoms with van der Waals surface area (Å²) in [7, 11) is 0. The smallest absolute Gasteiger partial charge is 0.224 e. The van der Waals surface area contributed by atoms with Gasteiger partial charge in [-0.3, -0.25) is 4.79 Å². The van der Waals surface area contributed by atoms with Crippen LogP contribution in [0.3, 0.4) is 0 Å². The fourth-order valence-corrected chi connectivity index (χ4v) is 1.89. The van der Waals surface area contributed by atoms with E-state index in [0.29, 0.717) is 13.1 Å². The zero-order valence-corrected chi connectivity index (χ0v) is 11.8. The molecular weight excluding hydrogens is 224 g/mol. The highest BCUT2D eigenvalue weighted by Gasteiger charge is 2.10. The van der Waals surface area contributed by atoms with Gasteiger partial charge in [-0.15, -0.1) is 0 Å². The minimum absolute atomic E-state index is 0.0407. The molecule has 3 nitrogen and oxygen atoms in total. The largest absolute Gasteiger partial charge is 0.355 e. The van der Waals surface area contributed by atoms with Gasteiger partial charge in [0.25, 0.3) is 0 Å². The van der Waals surface area contributed by atoms with E-state index in [1.54, 1.807) is 0 Å². The highest BCUT2D eigenvalue weighted by Crippen LogP contribution is 2.15. The van der Waals surface area contributed by atoms with Crippen LogP contribution in [0.2, 0.25) is 0 Å². The second-order valence-electron chi connectivity index (χ2n) is 5.04. The van der Waals surface area contributed by atoms with Crippen molar-refractivity contribution in [2.75, 3.05) is 13.1 Å². The quantitative estimate of drug-likeness (QED) is 0.835. The number of nitrogens with two attached hydrogens (primary N) is 1. The van der Waals surface area contributed by atoms with Crippen molar-refractivity contribution in [3.63, 3.8) is 0 Å². The van der Waals surface area contributed by atoms with Crippen molar-refractivity contribution >= 4 is 5.91 Å². The molecule has 1 amide bonds. The van der Waals surface area contributed by atoms with Crippen LogP contribution in [0.1, 0.15) is 29.2 Å². The van der Waals surface area contributed by atoms with Crippen LogP contribution in [-0.2, 0) is 11.2 Å². The molecule has 1 aromatic carbocycles. The number of aryl methyl sites for hydroxylation is 3. The van der Waals surface area contributed by atoms with Gasteiger partial charge in [-0.25, -0.2) is 0 Å². The molecule has 0 fully saturated rings. The zero-order valence-electron chi connectivity index (χ0n) is 11.8. The fraction of sp³-hybridized carbons (Fsp3) is 0.533. The Morgan fingerprint density at radius 2 is 1.83 bits per heavy atom. The van der Waals surface area contributed by atoms with Crippen molar-refractivity contribution < 1.29 is 4.79 Å². The summed E-state index contributed by atoms with van der Waals surface area (Å²) in [5, 5.41) is 2.92. The van der Waals surface area contributed by atoms with E-state index in [2.05, 4.69) is 38.2 Å². The lowest BCUT2D eigenvalue weighted by atomic mass is 9.99. The van der Waals surface area contributed by atoms with E-state index >= 15 is 0 Å². The molecule has 0 aromatic heterocycles. The first-order chi connectivity index (χ1) is 8.45. The first kappa shape index (κ1) is 14.7. The molecule has 1 atom stereocenters. The molecule has 0 aliphatic heterocycles. The van der Waals surface area contributed by atoms with Crippen molar-refractivity contribution in [1.29, 1.82) is 0 Å². The number of benzene rings is 1. The first-order valence-corrected chi connectivity index (χ1v) is 6.50. The Morgan fingerprint density at radius 1 is 1.22 bits per heavy atom. The Bertz CT molecular complexity index is 427. The van der Waals surface area contributed by atoms with E-state index in [4.69, 9.17) is 5.73 Å². The molecule has 0 spiro atoms. The highest BCUT2D eigenvalue weighted by atomic mass is 16.1. The van der Waals surface area contributed by atoms with Crippen molar-refractivity contribution in [3.05, 3.63) is 34.4 Å². The molecule has 3 heteroatoms. The topological polar surface area (TPSA) is 55.1 Å². The number of carbonyl (C=O) groups excluding carboxylic acids is 1. The lowest BCUT2D eigenvalue weighted by Gasteiger charge is -2.12. The predicted octanol–water partition coefficient (Wildman–Crippen LogP) is 1.87. The van der Waals surface area contributed by atoms with Gasteiger partial charge in [0.05, 0.1) is 0 Å². The summed E-state index contributed by atoms with van der Waals surface area (Å²) in [6.45, 7) is 9.27. The Labute approximate surface area is 110 Å². The van der Waals surface area contributed by atoms with E-state index in [-0.39, 0.29) is 11.8 Å². The van der Waals surface area contributed by atoms with E-state index in [1.807, 2.05) is 6.92 Å². The van der Waals surface area contributed by atoms with Gasteiger partial charge < -0.3 is 11.1 Å². The number of hydrogen-bond acceptors (Lipinski definition) is 2. The summed E-state index contributed by atoms with van der Waals surface area (Å²) in [5.41, 5.74) is 10.7. The molecule has 0 saturated heterocycles. The van der Waals surface area contributed by atoms with Crippen molar-refractivity contribution in [2.24, 2.45) is 11.7 Å². The van der Waals surface area contributed by atoms with Crippen LogP contribution < -0.4 is 11.1 Å². The molecule has 0 radical (unpaired) electrons. The van der Waals surface area contributed by atoms with Gasteiger partial charge >= 0.3 is 0 Å². The lowest BCUT2D eigenvalue weighted by molar-refractivity contribution is -0.124. The van der Waals surface area contributed by atoms with Crippen molar-refractivity contribution in [2.45, 2.75) is 34.1 Å². The molecule has 1 rings (SSSR count). The molecule has 3 N–H and O–H groups in total. The number of carbonyl (C=O) groups is 1. The summed E-state index contributed by atoms with van der Waals surface area (Å²) in [6.07, 6.45) is 0.871. The summed E-state index contributed by atoms with van der Waals surface area (Å²) >= 11 is 0. The first-order valence-electron chi connectivity index (χ1n) is 6.50. The Balaban J connectivity index is 2.54. The maximum absolute atomic E-state index is 11.6. The van der Waals surface area contributed by atoms with Crippen LogP contribution in [0.4, 0.5) is 0 Å². The molecule has 0 heterocycles. The van der Waals surface area contributed by atoms with Crippen molar-refractivity contribution in [3.8, 4) is 0 Å². The molecule has 0 saturated carbocycles. The highest BCUT2D eigenvalue weighted by molar-refractivity contribution is 5.78. The van der Waals surface area contributed by atoms with Crippen LogP contribution in [0.25, 0.3) is 0 Å². The van der Waals surface area contributed by atoms with Gasteiger partial charge in [0.15, 0.2) is 0 Å². The van der Waals surface area contributed by atoms with Crippen LogP contribution in [-0.4, -0.2) is 19.0 Å². The van der Waals surface area contributed by atoms with Crippen LogP contribution in [0.15, 0.2) is 12.1 Å². The molecule has 0 aliphatic carbocycles. The number of nitrogens with one attached hydrogen (secondary N) is 1. The average Bonchev–Trinajstić information content (AvgIpc) is 2.34. The lowest BCUT2D eigenvalue weighted by Crippen LogP contribution is -2.34. The molecule has 18 heavy (non-hydrogen) atoms. The third kappa shape index (κ3) is 3.84. The number of rotatable bonds is 5. The van der Waals surface area contributed by atoms with Gasteiger partial charge in [0.2, 0.25) is 5.91 Å². The molecule has 0 bridgehead atoms. The standard InChI is InChI=1S/C15H24N2O/c1-10-7-12(3)14(8-11(10)2)5-6-17-15(18)13(4)9-16/h7-8,13H,5-6,9,16H2,1-4H3,(H,17,18). The van der Waals surface area contributed by atoms with Gasteiger partial charge in [-0.1, -0.05) is 19.1 Å². The molecular formula is C15H24N2O. The number of hydrogen-bond donors (Lipinski definition) is 2. The minimum atomic E-state index is -0.106. The van der Waals surface area contributed by atoms with Crippen LogP contribution >= 0.6 is 0 Å². The predicted molar refractivity (Wildman–Crippen MR) is 75.6 cm³/mol. The number of amides is 1. The van der Waals surface area contributed by atoms with Gasteiger partial charge in [-0.05, 0) is 49.4 Å². The summed E-state index contributed by atoms with van der Waals surface area (Å²) in [5.74, 6) is -0.0650. The Hall–Kier alpha value is -1.35. The van der Waals surface area contributed by atoms with Crippen LogP contribution in [0, 0.1) is 26.7 Å². The van der Waals surface area contributed by atoms with E-state index < -0.39 is 0 Å². The molecule has 100 valence electrons. The summed E-state index contributed by atoms with van der Waals surface area (Å²) in [4.78, 5) is 11.6. The molecule has 1 aromatic rings. The third-order valence-corrected chi connectivity index (χ3v) is 3.45. The third-order valence-electron chi connectivity index (χ3n) is 3.45. The van der Waals surface area contributed by atoms with Gasteiger partial charge in [0, 0.05) is 19.0 Å². The van der Waals surface area contributed by atoms with Gasteiger partial charge in [0.1, 0.15) is 0 Å².